The molecule has 5 nitrogen and oxygen atoms in total. The van der Waals surface area contributed by atoms with Gasteiger partial charge in [0.1, 0.15) is 6.04 Å². The Balaban J connectivity index is 2.12. The van der Waals surface area contributed by atoms with Crippen LogP contribution in [-0.2, 0) is 4.79 Å². The average Bonchev–Trinajstić information content (AvgIpc) is 2.83. The van der Waals surface area contributed by atoms with Crippen LogP contribution in [0, 0.1) is 6.92 Å². The Bertz CT molecular complexity index is 524. The highest BCUT2D eigenvalue weighted by atomic mass is 79.9. The smallest absolute Gasteiger partial charge is 0.327 e. The lowest BCUT2D eigenvalue weighted by atomic mass is 10.2. The molecular formula is C12H13BrN2O3S. The second kappa shape index (κ2) is 5.83. The van der Waals surface area contributed by atoms with Gasteiger partial charge in [-0.15, -0.1) is 11.8 Å². The Morgan fingerprint density at radius 1 is 1.53 bits per heavy atom. The highest BCUT2D eigenvalue weighted by Gasteiger charge is 2.34. The third-order valence-corrected chi connectivity index (χ3v) is 4.50. The first-order valence-corrected chi connectivity index (χ1v) is 7.58. The van der Waals surface area contributed by atoms with Crippen molar-refractivity contribution in [3.05, 3.63) is 28.2 Å². The number of hydrogen-bond acceptors (Lipinski definition) is 3. The molecule has 0 aromatic heterocycles. The molecule has 1 aromatic carbocycles. The Kier molecular flexibility index (Phi) is 4.36. The van der Waals surface area contributed by atoms with E-state index in [9.17, 15) is 9.59 Å². The fraction of sp³-hybridized carbons (Fsp3) is 0.333. The van der Waals surface area contributed by atoms with Crippen molar-refractivity contribution in [1.82, 2.24) is 4.90 Å². The highest BCUT2D eigenvalue weighted by Crippen LogP contribution is 2.26. The SMILES string of the molecule is Cc1ccc(Br)c(NC(=O)N2CSC[C@H]2C(=O)O)c1. The van der Waals surface area contributed by atoms with Crippen LogP contribution < -0.4 is 5.32 Å². The molecule has 2 amide bonds. The number of benzene rings is 1. The molecule has 1 fully saturated rings. The predicted molar refractivity (Wildman–Crippen MR) is 78.5 cm³/mol. The summed E-state index contributed by atoms with van der Waals surface area (Å²) in [7, 11) is 0. The minimum absolute atomic E-state index is 0.385. The standard InChI is InChI=1S/C12H13BrN2O3S/c1-7-2-3-8(13)9(4-7)14-12(18)15-6-19-5-10(15)11(16)17/h2-4,10H,5-6H2,1H3,(H,14,18)(H,16,17)/t10-/m0/s1. The molecule has 7 heteroatoms. The number of carboxylic acid groups (broad SMARTS) is 1. The molecule has 2 rings (SSSR count). The number of aryl methyl sites for hydroxylation is 1. The monoisotopic (exact) mass is 344 g/mol. The number of carbonyl (C=O) groups is 2. The maximum absolute atomic E-state index is 12.1. The van der Waals surface area contributed by atoms with Gasteiger partial charge in [0.25, 0.3) is 0 Å². The first-order valence-electron chi connectivity index (χ1n) is 5.63. The second-order valence-corrected chi connectivity index (χ2v) is 6.09. The summed E-state index contributed by atoms with van der Waals surface area (Å²) in [6, 6.07) is 4.46. The van der Waals surface area contributed by atoms with Crippen molar-refractivity contribution in [3.63, 3.8) is 0 Å². The zero-order valence-electron chi connectivity index (χ0n) is 10.2. The van der Waals surface area contributed by atoms with Gasteiger partial charge in [0.2, 0.25) is 0 Å². The number of nitrogens with one attached hydrogen (secondary N) is 1. The Labute approximate surface area is 123 Å². The molecule has 1 heterocycles. The van der Waals surface area contributed by atoms with E-state index in [4.69, 9.17) is 5.11 Å². The van der Waals surface area contributed by atoms with Crippen molar-refractivity contribution in [3.8, 4) is 0 Å². The van der Waals surface area contributed by atoms with Crippen LogP contribution in [-0.4, -0.2) is 39.7 Å². The van der Waals surface area contributed by atoms with E-state index in [1.807, 2.05) is 25.1 Å². The van der Waals surface area contributed by atoms with E-state index in [2.05, 4.69) is 21.2 Å². The van der Waals surface area contributed by atoms with Gasteiger partial charge in [0, 0.05) is 10.2 Å². The number of urea groups is 1. The van der Waals surface area contributed by atoms with Gasteiger partial charge in [0.05, 0.1) is 11.6 Å². The Hall–Kier alpha value is -1.21. The second-order valence-electron chi connectivity index (χ2n) is 4.24. The lowest BCUT2D eigenvalue weighted by Crippen LogP contribution is -2.44. The normalized spacial score (nSPS) is 18.4. The molecule has 1 aliphatic rings. The topological polar surface area (TPSA) is 69.6 Å². The molecule has 2 N–H and O–H groups in total. The maximum atomic E-state index is 12.1. The molecule has 19 heavy (non-hydrogen) atoms. The van der Waals surface area contributed by atoms with E-state index in [0.29, 0.717) is 17.3 Å². The van der Waals surface area contributed by atoms with Gasteiger partial charge in [-0.1, -0.05) is 6.07 Å². The lowest BCUT2D eigenvalue weighted by Gasteiger charge is -2.21. The first-order chi connectivity index (χ1) is 8.99. The number of aliphatic carboxylic acids is 1. The van der Waals surface area contributed by atoms with Gasteiger partial charge in [-0.3, -0.25) is 0 Å². The third kappa shape index (κ3) is 3.22. The number of carboxylic acids is 1. The maximum Gasteiger partial charge on any atom is 0.327 e. The van der Waals surface area contributed by atoms with E-state index >= 15 is 0 Å². The summed E-state index contributed by atoms with van der Waals surface area (Å²) < 4.78 is 0.769. The molecular weight excluding hydrogens is 332 g/mol. The van der Waals surface area contributed by atoms with Crippen LogP contribution in [0.4, 0.5) is 10.5 Å². The molecule has 1 aromatic rings. The zero-order valence-corrected chi connectivity index (χ0v) is 12.6. The van der Waals surface area contributed by atoms with E-state index in [0.717, 1.165) is 10.0 Å². The molecule has 0 radical (unpaired) electrons. The Morgan fingerprint density at radius 3 is 2.95 bits per heavy atom. The van der Waals surface area contributed by atoms with E-state index in [-0.39, 0.29) is 6.03 Å². The molecule has 0 bridgehead atoms. The fourth-order valence-corrected chi connectivity index (χ4v) is 3.26. The van der Waals surface area contributed by atoms with Crippen LogP contribution >= 0.6 is 27.7 Å². The quantitative estimate of drug-likeness (QED) is 0.865. The van der Waals surface area contributed by atoms with Crippen LogP contribution in [0.2, 0.25) is 0 Å². The summed E-state index contributed by atoms with van der Waals surface area (Å²) in [5, 5.41) is 11.8. The number of rotatable bonds is 2. The molecule has 0 spiro atoms. The van der Waals surface area contributed by atoms with Crippen LogP contribution in [0.3, 0.4) is 0 Å². The summed E-state index contributed by atoms with van der Waals surface area (Å²) in [5.74, 6) is -0.146. The van der Waals surface area contributed by atoms with Crippen molar-refractivity contribution in [2.75, 3.05) is 16.9 Å². The van der Waals surface area contributed by atoms with Crippen molar-refractivity contribution >= 4 is 45.4 Å². The summed E-state index contributed by atoms with van der Waals surface area (Å²) in [5.41, 5.74) is 1.66. The molecule has 0 unspecified atom stereocenters. The van der Waals surface area contributed by atoms with Gasteiger partial charge in [-0.2, -0.15) is 0 Å². The van der Waals surface area contributed by atoms with Crippen molar-refractivity contribution < 1.29 is 14.7 Å². The van der Waals surface area contributed by atoms with Gasteiger partial charge >= 0.3 is 12.0 Å². The van der Waals surface area contributed by atoms with E-state index < -0.39 is 12.0 Å². The number of nitrogens with zero attached hydrogens (tertiary/aromatic N) is 1. The average molecular weight is 345 g/mol. The molecule has 102 valence electrons. The van der Waals surface area contributed by atoms with Gasteiger partial charge in [0.15, 0.2) is 0 Å². The fourth-order valence-electron chi connectivity index (χ4n) is 1.77. The number of anilines is 1. The first kappa shape index (κ1) is 14.2. The zero-order chi connectivity index (χ0) is 14.0. The summed E-state index contributed by atoms with van der Waals surface area (Å²) >= 11 is 4.79. The number of carbonyl (C=O) groups excluding carboxylic acids is 1. The van der Waals surface area contributed by atoms with Gasteiger partial charge < -0.3 is 15.3 Å². The number of hydrogen-bond donors (Lipinski definition) is 2. The molecule has 1 saturated heterocycles. The molecule has 1 atom stereocenters. The third-order valence-electron chi connectivity index (χ3n) is 2.79. The number of halogens is 1. The number of thioether (sulfide) groups is 1. The molecule has 0 aliphatic carbocycles. The van der Waals surface area contributed by atoms with Crippen LogP contribution in [0.1, 0.15) is 5.56 Å². The minimum Gasteiger partial charge on any atom is -0.480 e. The highest BCUT2D eigenvalue weighted by molar-refractivity contribution is 9.10. The minimum atomic E-state index is -0.969. The lowest BCUT2D eigenvalue weighted by molar-refractivity contribution is -0.140. The van der Waals surface area contributed by atoms with Crippen molar-refractivity contribution in [2.24, 2.45) is 0 Å². The summed E-state index contributed by atoms with van der Waals surface area (Å²) in [6.45, 7) is 1.92. The van der Waals surface area contributed by atoms with Crippen molar-refractivity contribution in [1.29, 1.82) is 0 Å². The molecule has 0 saturated carbocycles. The van der Waals surface area contributed by atoms with Crippen LogP contribution in [0.25, 0.3) is 0 Å². The van der Waals surface area contributed by atoms with E-state index in [1.165, 1.54) is 16.7 Å². The predicted octanol–water partition coefficient (Wildman–Crippen LogP) is 2.75. The van der Waals surface area contributed by atoms with Gasteiger partial charge in [-0.25, -0.2) is 9.59 Å². The Morgan fingerprint density at radius 2 is 2.26 bits per heavy atom. The van der Waals surface area contributed by atoms with Crippen molar-refractivity contribution in [2.45, 2.75) is 13.0 Å². The van der Waals surface area contributed by atoms with E-state index in [1.54, 1.807) is 0 Å². The van der Waals surface area contributed by atoms with Crippen LogP contribution in [0.15, 0.2) is 22.7 Å². The summed E-state index contributed by atoms with van der Waals surface area (Å²) in [6.07, 6.45) is 0. The molecule has 1 aliphatic heterocycles. The number of amides is 2. The largest absolute Gasteiger partial charge is 0.480 e. The van der Waals surface area contributed by atoms with Crippen LogP contribution in [0.5, 0.6) is 0 Å². The van der Waals surface area contributed by atoms with Gasteiger partial charge in [-0.05, 0) is 40.5 Å². The summed E-state index contributed by atoms with van der Waals surface area (Å²) in [4.78, 5) is 24.5.